The number of benzene rings is 2. The largest absolute Gasteiger partial charge is 0.493 e. The molecule has 2 aromatic carbocycles. The minimum atomic E-state index is -0.630. The summed E-state index contributed by atoms with van der Waals surface area (Å²) in [5.41, 5.74) is 1.07. The SMILES string of the molecule is COc1ccc(CNC(=O)NC(C)(C)c2ccc(F)cc2)cc1OC. The smallest absolute Gasteiger partial charge is 0.315 e. The first-order valence-corrected chi connectivity index (χ1v) is 7.88. The molecule has 2 rings (SSSR count). The molecule has 0 saturated heterocycles. The molecule has 0 fully saturated rings. The molecule has 0 aliphatic carbocycles. The Morgan fingerprint density at radius 3 is 2.28 bits per heavy atom. The van der Waals surface area contributed by atoms with Crippen molar-refractivity contribution < 1.29 is 18.7 Å². The number of amides is 2. The quantitative estimate of drug-likeness (QED) is 0.840. The Labute approximate surface area is 147 Å². The number of urea groups is 1. The van der Waals surface area contributed by atoms with E-state index in [1.54, 1.807) is 32.4 Å². The van der Waals surface area contributed by atoms with Crippen LogP contribution in [-0.2, 0) is 12.1 Å². The van der Waals surface area contributed by atoms with Crippen molar-refractivity contribution in [1.29, 1.82) is 0 Å². The summed E-state index contributed by atoms with van der Waals surface area (Å²) >= 11 is 0. The van der Waals surface area contributed by atoms with Crippen molar-refractivity contribution in [2.24, 2.45) is 0 Å². The number of methoxy groups -OCH3 is 2. The fraction of sp³-hybridized carbons (Fsp3) is 0.316. The van der Waals surface area contributed by atoms with Crippen LogP contribution in [0.1, 0.15) is 25.0 Å². The van der Waals surface area contributed by atoms with Crippen molar-refractivity contribution in [3.05, 3.63) is 59.4 Å². The highest BCUT2D eigenvalue weighted by atomic mass is 19.1. The molecular formula is C19H23FN2O3. The Morgan fingerprint density at radius 2 is 1.68 bits per heavy atom. The number of carbonyl (C=O) groups is 1. The van der Waals surface area contributed by atoms with Crippen molar-refractivity contribution in [2.45, 2.75) is 25.9 Å². The molecule has 134 valence electrons. The number of rotatable bonds is 6. The summed E-state index contributed by atoms with van der Waals surface area (Å²) in [6, 6.07) is 11.2. The summed E-state index contributed by atoms with van der Waals surface area (Å²) in [5.74, 6) is 0.930. The van der Waals surface area contributed by atoms with Gasteiger partial charge >= 0.3 is 6.03 Å². The van der Waals surface area contributed by atoms with Gasteiger partial charge in [-0.3, -0.25) is 0 Å². The standard InChI is InChI=1S/C19H23FN2O3/c1-19(2,14-6-8-15(20)9-7-14)22-18(23)21-12-13-5-10-16(24-3)17(11-13)25-4/h5-11H,12H2,1-4H3,(H2,21,22,23). The molecule has 0 aliphatic heterocycles. The van der Waals surface area contributed by atoms with Gasteiger partial charge in [-0.05, 0) is 49.2 Å². The number of hydrogen-bond donors (Lipinski definition) is 2. The molecule has 2 amide bonds. The minimum absolute atomic E-state index is 0.308. The summed E-state index contributed by atoms with van der Waals surface area (Å²) in [6.07, 6.45) is 0. The van der Waals surface area contributed by atoms with Crippen LogP contribution in [0.3, 0.4) is 0 Å². The molecule has 0 bridgehead atoms. The molecule has 0 aromatic heterocycles. The molecule has 0 spiro atoms. The lowest BCUT2D eigenvalue weighted by Gasteiger charge is -2.27. The van der Waals surface area contributed by atoms with Gasteiger partial charge in [-0.25, -0.2) is 9.18 Å². The third kappa shape index (κ3) is 4.86. The number of hydrogen-bond acceptors (Lipinski definition) is 3. The molecule has 25 heavy (non-hydrogen) atoms. The topological polar surface area (TPSA) is 59.6 Å². The molecule has 0 heterocycles. The van der Waals surface area contributed by atoms with Crippen LogP contribution in [-0.4, -0.2) is 20.3 Å². The van der Waals surface area contributed by atoms with Crippen LogP contribution >= 0.6 is 0 Å². The van der Waals surface area contributed by atoms with Crippen molar-refractivity contribution in [3.63, 3.8) is 0 Å². The molecule has 6 heteroatoms. The lowest BCUT2D eigenvalue weighted by Crippen LogP contribution is -2.46. The molecule has 2 aromatic rings. The Kier molecular flexibility index (Phi) is 5.85. The van der Waals surface area contributed by atoms with E-state index in [-0.39, 0.29) is 11.8 Å². The van der Waals surface area contributed by atoms with Crippen molar-refractivity contribution in [1.82, 2.24) is 10.6 Å². The van der Waals surface area contributed by atoms with Gasteiger partial charge in [-0.2, -0.15) is 0 Å². The number of ether oxygens (including phenoxy) is 2. The third-order valence-corrected chi connectivity index (χ3v) is 3.89. The second-order valence-corrected chi connectivity index (χ2v) is 6.13. The summed E-state index contributed by atoms with van der Waals surface area (Å²) in [4.78, 5) is 12.2. The van der Waals surface area contributed by atoms with E-state index in [0.717, 1.165) is 11.1 Å². The summed E-state index contributed by atoms with van der Waals surface area (Å²) in [5, 5.41) is 5.69. The average Bonchev–Trinajstić information content (AvgIpc) is 2.59. The molecular weight excluding hydrogens is 323 g/mol. The van der Waals surface area contributed by atoms with Crippen LogP contribution in [0.2, 0.25) is 0 Å². The van der Waals surface area contributed by atoms with E-state index in [1.807, 2.05) is 26.0 Å². The van der Waals surface area contributed by atoms with E-state index >= 15 is 0 Å². The first-order chi connectivity index (χ1) is 11.9. The zero-order chi connectivity index (χ0) is 18.4. The first-order valence-electron chi connectivity index (χ1n) is 7.88. The minimum Gasteiger partial charge on any atom is -0.493 e. The van der Waals surface area contributed by atoms with Crippen molar-refractivity contribution >= 4 is 6.03 Å². The molecule has 0 radical (unpaired) electrons. The zero-order valence-electron chi connectivity index (χ0n) is 14.9. The normalized spacial score (nSPS) is 10.9. The van der Waals surface area contributed by atoms with Gasteiger partial charge in [0.2, 0.25) is 0 Å². The van der Waals surface area contributed by atoms with E-state index in [9.17, 15) is 9.18 Å². The van der Waals surface area contributed by atoms with Gasteiger partial charge in [-0.15, -0.1) is 0 Å². The fourth-order valence-electron chi connectivity index (χ4n) is 2.44. The molecule has 5 nitrogen and oxygen atoms in total. The Bertz CT molecular complexity index is 730. The Morgan fingerprint density at radius 1 is 1.04 bits per heavy atom. The third-order valence-electron chi connectivity index (χ3n) is 3.89. The van der Waals surface area contributed by atoms with Crippen LogP contribution < -0.4 is 20.1 Å². The monoisotopic (exact) mass is 346 g/mol. The van der Waals surface area contributed by atoms with E-state index in [4.69, 9.17) is 9.47 Å². The maximum atomic E-state index is 13.0. The molecule has 0 saturated carbocycles. The second kappa shape index (κ2) is 7.88. The highest BCUT2D eigenvalue weighted by Gasteiger charge is 2.22. The first kappa shape index (κ1) is 18.6. The second-order valence-electron chi connectivity index (χ2n) is 6.13. The highest BCUT2D eigenvalue weighted by Crippen LogP contribution is 2.27. The van der Waals surface area contributed by atoms with E-state index < -0.39 is 5.54 Å². The van der Waals surface area contributed by atoms with Crippen LogP contribution in [0, 0.1) is 5.82 Å². The van der Waals surface area contributed by atoms with E-state index in [2.05, 4.69) is 10.6 Å². The van der Waals surface area contributed by atoms with Crippen molar-refractivity contribution in [3.8, 4) is 11.5 Å². The van der Waals surface area contributed by atoms with Gasteiger partial charge in [0.25, 0.3) is 0 Å². The lowest BCUT2D eigenvalue weighted by molar-refractivity contribution is 0.229. The van der Waals surface area contributed by atoms with Crippen LogP contribution in [0.25, 0.3) is 0 Å². The number of halogens is 1. The maximum absolute atomic E-state index is 13.0. The molecule has 0 unspecified atom stereocenters. The van der Waals surface area contributed by atoms with Gasteiger partial charge < -0.3 is 20.1 Å². The number of nitrogens with one attached hydrogen (secondary N) is 2. The van der Waals surface area contributed by atoms with E-state index in [0.29, 0.717) is 18.0 Å². The van der Waals surface area contributed by atoms with Crippen LogP contribution in [0.5, 0.6) is 11.5 Å². The van der Waals surface area contributed by atoms with Gasteiger partial charge in [0.15, 0.2) is 11.5 Å². The van der Waals surface area contributed by atoms with Gasteiger partial charge in [0.05, 0.1) is 19.8 Å². The predicted octanol–water partition coefficient (Wildman–Crippen LogP) is 3.58. The van der Waals surface area contributed by atoms with Gasteiger partial charge in [0.1, 0.15) is 5.82 Å². The van der Waals surface area contributed by atoms with Gasteiger partial charge in [-0.1, -0.05) is 18.2 Å². The average molecular weight is 346 g/mol. The fourth-order valence-corrected chi connectivity index (χ4v) is 2.44. The predicted molar refractivity (Wildman–Crippen MR) is 94.3 cm³/mol. The molecule has 0 aliphatic rings. The Hall–Kier alpha value is -2.76. The highest BCUT2D eigenvalue weighted by molar-refractivity contribution is 5.75. The van der Waals surface area contributed by atoms with Crippen LogP contribution in [0.15, 0.2) is 42.5 Å². The summed E-state index contributed by atoms with van der Waals surface area (Å²) in [7, 11) is 3.13. The molecule has 0 atom stereocenters. The number of carbonyl (C=O) groups excluding carboxylic acids is 1. The van der Waals surface area contributed by atoms with E-state index in [1.165, 1.54) is 12.1 Å². The van der Waals surface area contributed by atoms with Gasteiger partial charge in [0, 0.05) is 6.54 Å². The summed E-state index contributed by atoms with van der Waals surface area (Å²) in [6.45, 7) is 4.05. The summed E-state index contributed by atoms with van der Waals surface area (Å²) < 4.78 is 23.5. The maximum Gasteiger partial charge on any atom is 0.315 e. The molecule has 2 N–H and O–H groups in total. The zero-order valence-corrected chi connectivity index (χ0v) is 14.9. The van der Waals surface area contributed by atoms with Crippen molar-refractivity contribution in [2.75, 3.05) is 14.2 Å². The Balaban J connectivity index is 1.97. The lowest BCUT2D eigenvalue weighted by atomic mass is 9.94. The van der Waals surface area contributed by atoms with Crippen LogP contribution in [0.4, 0.5) is 9.18 Å².